The summed E-state index contributed by atoms with van der Waals surface area (Å²) >= 11 is 6.16. The summed E-state index contributed by atoms with van der Waals surface area (Å²) in [6.07, 6.45) is 4.95. The number of carbonyl (C=O) groups excluding carboxylic acids is 1. The molecule has 5 nitrogen and oxygen atoms in total. The molecule has 1 amide bonds. The lowest BCUT2D eigenvalue weighted by molar-refractivity contribution is 0.0939. The van der Waals surface area contributed by atoms with E-state index in [0.717, 1.165) is 11.1 Å². The Morgan fingerprint density at radius 3 is 2.73 bits per heavy atom. The molecule has 2 aromatic heterocycles. The number of amides is 1. The minimum atomic E-state index is -0.255. The second kappa shape index (κ2) is 7.97. The van der Waals surface area contributed by atoms with Gasteiger partial charge < -0.3 is 9.88 Å². The van der Waals surface area contributed by atoms with Gasteiger partial charge in [-0.15, -0.1) is 0 Å². The molecule has 1 aromatic carbocycles. The van der Waals surface area contributed by atoms with Crippen molar-refractivity contribution in [1.29, 1.82) is 0 Å². The van der Waals surface area contributed by atoms with Gasteiger partial charge in [0.2, 0.25) is 0 Å². The van der Waals surface area contributed by atoms with E-state index in [9.17, 15) is 9.59 Å². The van der Waals surface area contributed by atoms with Crippen LogP contribution < -0.4 is 10.9 Å². The van der Waals surface area contributed by atoms with E-state index in [1.165, 1.54) is 16.7 Å². The fraction of sp³-hybridized carbons (Fsp3) is 0.150. The lowest BCUT2D eigenvalue weighted by Gasteiger charge is -2.15. The summed E-state index contributed by atoms with van der Waals surface area (Å²) < 4.78 is 1.48. The largest absolute Gasteiger partial charge is 0.345 e. The molecule has 0 aliphatic rings. The maximum atomic E-state index is 12.5. The summed E-state index contributed by atoms with van der Waals surface area (Å²) in [6.45, 7) is 2.19. The molecule has 2 heterocycles. The number of carbonyl (C=O) groups is 1. The van der Waals surface area contributed by atoms with Crippen LogP contribution in [-0.2, 0) is 6.54 Å². The van der Waals surface area contributed by atoms with Crippen molar-refractivity contribution in [2.24, 2.45) is 0 Å². The van der Waals surface area contributed by atoms with Crippen molar-refractivity contribution in [3.63, 3.8) is 0 Å². The average Bonchev–Trinajstić information content (AvgIpc) is 2.66. The molecule has 26 heavy (non-hydrogen) atoms. The molecule has 0 saturated carbocycles. The van der Waals surface area contributed by atoms with Gasteiger partial charge in [0.05, 0.1) is 18.2 Å². The Labute approximate surface area is 156 Å². The van der Waals surface area contributed by atoms with Gasteiger partial charge in [-0.05, 0) is 36.2 Å². The van der Waals surface area contributed by atoms with Crippen molar-refractivity contribution < 1.29 is 4.79 Å². The van der Waals surface area contributed by atoms with Crippen molar-refractivity contribution in [1.82, 2.24) is 14.9 Å². The van der Waals surface area contributed by atoms with Crippen LogP contribution in [-0.4, -0.2) is 15.5 Å². The van der Waals surface area contributed by atoms with Gasteiger partial charge >= 0.3 is 0 Å². The minimum absolute atomic E-state index is 0.193. The number of halogens is 1. The Kier molecular flexibility index (Phi) is 5.49. The third-order valence-corrected chi connectivity index (χ3v) is 4.44. The normalized spacial score (nSPS) is 11.8. The van der Waals surface area contributed by atoms with Crippen molar-refractivity contribution >= 4 is 17.5 Å². The molecule has 1 N–H and O–H groups in total. The molecule has 0 fully saturated rings. The molecule has 3 rings (SSSR count). The van der Waals surface area contributed by atoms with Gasteiger partial charge in [-0.3, -0.25) is 14.6 Å². The fourth-order valence-electron chi connectivity index (χ4n) is 2.59. The maximum absolute atomic E-state index is 12.5. The summed E-state index contributed by atoms with van der Waals surface area (Å²) in [5, 5.41) is 3.50. The fourth-order valence-corrected chi connectivity index (χ4v) is 2.79. The predicted octanol–water partition coefficient (Wildman–Crippen LogP) is 3.44. The number of hydrogen-bond acceptors (Lipinski definition) is 3. The first-order chi connectivity index (χ1) is 12.5. The average molecular weight is 368 g/mol. The number of nitrogens with one attached hydrogen (secondary N) is 1. The maximum Gasteiger partial charge on any atom is 0.253 e. The smallest absolute Gasteiger partial charge is 0.253 e. The zero-order chi connectivity index (χ0) is 18.5. The molecule has 0 radical (unpaired) electrons. The number of nitrogens with zero attached hydrogens (tertiary/aromatic N) is 2. The van der Waals surface area contributed by atoms with Crippen molar-refractivity contribution in [2.45, 2.75) is 19.5 Å². The van der Waals surface area contributed by atoms with Crippen LogP contribution in [0.5, 0.6) is 0 Å². The molecule has 1 atom stereocenters. The van der Waals surface area contributed by atoms with Crippen LogP contribution >= 0.6 is 11.6 Å². The zero-order valence-electron chi connectivity index (χ0n) is 14.2. The molecule has 3 aromatic rings. The van der Waals surface area contributed by atoms with Crippen LogP contribution in [0.15, 0.2) is 71.9 Å². The Morgan fingerprint density at radius 2 is 2.00 bits per heavy atom. The van der Waals surface area contributed by atoms with Crippen molar-refractivity contribution in [2.75, 3.05) is 0 Å². The van der Waals surface area contributed by atoms with E-state index in [-0.39, 0.29) is 17.5 Å². The van der Waals surface area contributed by atoms with Gasteiger partial charge in [-0.2, -0.15) is 0 Å². The van der Waals surface area contributed by atoms with Crippen molar-refractivity contribution in [3.8, 4) is 0 Å². The number of rotatable bonds is 5. The predicted molar refractivity (Wildman–Crippen MR) is 101 cm³/mol. The van der Waals surface area contributed by atoms with Crippen molar-refractivity contribution in [3.05, 3.63) is 99.2 Å². The van der Waals surface area contributed by atoms with E-state index in [0.29, 0.717) is 17.1 Å². The van der Waals surface area contributed by atoms with Gasteiger partial charge in [0, 0.05) is 29.7 Å². The highest BCUT2D eigenvalue weighted by molar-refractivity contribution is 6.31. The molecule has 132 valence electrons. The third-order valence-electron chi connectivity index (χ3n) is 4.08. The quantitative estimate of drug-likeness (QED) is 0.751. The third kappa shape index (κ3) is 4.18. The van der Waals surface area contributed by atoms with Crippen LogP contribution in [0.2, 0.25) is 5.02 Å². The van der Waals surface area contributed by atoms with Gasteiger partial charge in [0.25, 0.3) is 11.5 Å². The van der Waals surface area contributed by atoms with Crippen LogP contribution in [0.3, 0.4) is 0 Å². The van der Waals surface area contributed by atoms with Gasteiger partial charge in [0.1, 0.15) is 0 Å². The molecule has 1 unspecified atom stereocenters. The standard InChI is InChI=1S/C20H18ClN3O2/c1-14(15-6-4-10-22-11-15)23-20(26)17-8-9-19(25)24(13-17)12-16-5-2-3-7-18(16)21/h2-11,13-14H,12H2,1H3,(H,23,26). The zero-order valence-corrected chi connectivity index (χ0v) is 15.0. The van der Waals surface area contributed by atoms with E-state index >= 15 is 0 Å². The second-order valence-electron chi connectivity index (χ2n) is 5.96. The Hall–Kier alpha value is -2.92. The first-order valence-electron chi connectivity index (χ1n) is 8.19. The first kappa shape index (κ1) is 17.9. The molecular formula is C20H18ClN3O2. The second-order valence-corrected chi connectivity index (χ2v) is 6.36. The van der Waals surface area contributed by atoms with E-state index in [1.807, 2.05) is 37.3 Å². The molecule has 0 aliphatic carbocycles. The summed E-state index contributed by atoms with van der Waals surface area (Å²) in [5.41, 5.74) is 1.94. The SMILES string of the molecule is CC(NC(=O)c1ccc(=O)n(Cc2ccccc2Cl)c1)c1cccnc1. The summed E-state index contributed by atoms with van der Waals surface area (Å²) in [5.74, 6) is -0.255. The van der Waals surface area contributed by atoms with Gasteiger partial charge in [-0.1, -0.05) is 35.9 Å². The van der Waals surface area contributed by atoms with Crippen LogP contribution in [0.1, 0.15) is 34.5 Å². The van der Waals surface area contributed by atoms with E-state index in [4.69, 9.17) is 11.6 Å². The Balaban J connectivity index is 1.79. The van der Waals surface area contributed by atoms with Crippen LogP contribution in [0.4, 0.5) is 0 Å². The Morgan fingerprint density at radius 1 is 1.19 bits per heavy atom. The number of pyridine rings is 2. The van der Waals surface area contributed by atoms with Crippen LogP contribution in [0, 0.1) is 0 Å². The Bertz CT molecular complexity index is 970. The van der Waals surface area contributed by atoms with Gasteiger partial charge in [-0.25, -0.2) is 0 Å². The summed E-state index contributed by atoms with van der Waals surface area (Å²) in [4.78, 5) is 28.7. The molecule has 0 spiro atoms. The molecule has 0 aliphatic heterocycles. The van der Waals surface area contributed by atoms with E-state index in [2.05, 4.69) is 10.3 Å². The highest BCUT2D eigenvalue weighted by atomic mass is 35.5. The summed E-state index contributed by atoms with van der Waals surface area (Å²) in [6, 6.07) is 13.8. The number of aromatic nitrogens is 2. The molecular weight excluding hydrogens is 350 g/mol. The summed E-state index contributed by atoms with van der Waals surface area (Å²) in [7, 11) is 0. The monoisotopic (exact) mass is 367 g/mol. The highest BCUT2D eigenvalue weighted by Gasteiger charge is 2.13. The van der Waals surface area contributed by atoms with Gasteiger partial charge in [0.15, 0.2) is 0 Å². The number of hydrogen-bond donors (Lipinski definition) is 1. The molecule has 0 saturated heterocycles. The first-order valence-corrected chi connectivity index (χ1v) is 8.57. The van der Waals surface area contributed by atoms with Crippen LogP contribution in [0.25, 0.3) is 0 Å². The number of benzene rings is 1. The molecule has 0 bridgehead atoms. The molecule has 6 heteroatoms. The highest BCUT2D eigenvalue weighted by Crippen LogP contribution is 2.16. The topological polar surface area (TPSA) is 64.0 Å². The van der Waals surface area contributed by atoms with E-state index in [1.54, 1.807) is 24.7 Å². The van der Waals surface area contributed by atoms with E-state index < -0.39 is 0 Å². The minimum Gasteiger partial charge on any atom is -0.345 e. The lowest BCUT2D eigenvalue weighted by atomic mass is 10.1. The lowest BCUT2D eigenvalue weighted by Crippen LogP contribution is -2.29.